The SMILES string of the molecule is COC1(c2cccc(C(C)(C)CC(=O)O)c2)CC1. The van der Waals surface area contributed by atoms with E-state index < -0.39 is 5.97 Å². The number of hydrogen-bond acceptors (Lipinski definition) is 2. The van der Waals surface area contributed by atoms with Gasteiger partial charge in [0.25, 0.3) is 0 Å². The van der Waals surface area contributed by atoms with Crippen molar-refractivity contribution in [1.29, 1.82) is 0 Å². The Kier molecular flexibility index (Phi) is 3.20. The van der Waals surface area contributed by atoms with Gasteiger partial charge in [0, 0.05) is 12.5 Å². The largest absolute Gasteiger partial charge is 0.481 e. The van der Waals surface area contributed by atoms with E-state index >= 15 is 0 Å². The van der Waals surface area contributed by atoms with Crippen LogP contribution in [0.1, 0.15) is 44.2 Å². The van der Waals surface area contributed by atoms with Gasteiger partial charge in [-0.05, 0) is 24.0 Å². The Morgan fingerprint density at radius 1 is 1.44 bits per heavy atom. The van der Waals surface area contributed by atoms with Gasteiger partial charge in [-0.15, -0.1) is 0 Å². The summed E-state index contributed by atoms with van der Waals surface area (Å²) in [4.78, 5) is 10.9. The van der Waals surface area contributed by atoms with E-state index in [0.29, 0.717) is 0 Å². The second kappa shape index (κ2) is 4.39. The molecule has 3 nitrogen and oxygen atoms in total. The maximum Gasteiger partial charge on any atom is 0.304 e. The molecule has 3 heteroatoms. The van der Waals surface area contributed by atoms with Crippen molar-refractivity contribution in [3.63, 3.8) is 0 Å². The molecule has 0 aliphatic heterocycles. The molecule has 0 saturated heterocycles. The predicted molar refractivity (Wildman–Crippen MR) is 69.6 cm³/mol. The molecule has 18 heavy (non-hydrogen) atoms. The van der Waals surface area contributed by atoms with E-state index in [1.807, 2.05) is 26.0 Å². The van der Waals surface area contributed by atoms with E-state index in [1.54, 1.807) is 7.11 Å². The Morgan fingerprint density at radius 2 is 2.11 bits per heavy atom. The summed E-state index contributed by atoms with van der Waals surface area (Å²) in [7, 11) is 1.74. The van der Waals surface area contributed by atoms with Crippen molar-refractivity contribution in [2.24, 2.45) is 0 Å². The van der Waals surface area contributed by atoms with Crippen LogP contribution < -0.4 is 0 Å². The van der Waals surface area contributed by atoms with Gasteiger partial charge in [-0.3, -0.25) is 4.79 Å². The fourth-order valence-corrected chi connectivity index (χ4v) is 2.43. The van der Waals surface area contributed by atoms with Crippen molar-refractivity contribution in [2.45, 2.75) is 44.1 Å². The summed E-state index contributed by atoms with van der Waals surface area (Å²) in [6.45, 7) is 3.93. The number of methoxy groups -OCH3 is 1. The lowest BCUT2D eigenvalue weighted by Gasteiger charge is -2.25. The molecule has 0 amide bonds. The molecule has 1 aliphatic rings. The maximum absolute atomic E-state index is 10.9. The van der Waals surface area contributed by atoms with Crippen LogP contribution in [0.25, 0.3) is 0 Å². The molecule has 1 saturated carbocycles. The lowest BCUT2D eigenvalue weighted by atomic mass is 9.80. The van der Waals surface area contributed by atoms with Crippen LogP contribution in [0.15, 0.2) is 24.3 Å². The van der Waals surface area contributed by atoms with Crippen LogP contribution in [-0.2, 0) is 20.5 Å². The smallest absolute Gasteiger partial charge is 0.304 e. The summed E-state index contributed by atoms with van der Waals surface area (Å²) < 4.78 is 5.57. The van der Waals surface area contributed by atoms with E-state index in [2.05, 4.69) is 12.1 Å². The van der Waals surface area contributed by atoms with Gasteiger partial charge < -0.3 is 9.84 Å². The Morgan fingerprint density at radius 3 is 2.61 bits per heavy atom. The van der Waals surface area contributed by atoms with Crippen molar-refractivity contribution in [3.8, 4) is 0 Å². The van der Waals surface area contributed by atoms with Gasteiger partial charge >= 0.3 is 5.97 Å². The number of rotatable bonds is 5. The fraction of sp³-hybridized carbons (Fsp3) is 0.533. The second-order valence-electron chi connectivity index (χ2n) is 5.73. The number of ether oxygens (including phenoxy) is 1. The van der Waals surface area contributed by atoms with Gasteiger partial charge in [-0.25, -0.2) is 0 Å². The standard InChI is InChI=1S/C15H20O3/c1-14(2,10-13(16)17)11-5-4-6-12(9-11)15(18-3)7-8-15/h4-6,9H,7-8,10H2,1-3H3,(H,16,17). The Bertz CT molecular complexity index is 459. The minimum Gasteiger partial charge on any atom is -0.481 e. The lowest BCUT2D eigenvalue weighted by Crippen LogP contribution is -2.22. The fourth-order valence-electron chi connectivity index (χ4n) is 2.43. The Hall–Kier alpha value is -1.35. The number of benzene rings is 1. The average Bonchev–Trinajstić information content (AvgIpc) is 3.08. The zero-order valence-corrected chi connectivity index (χ0v) is 11.2. The molecule has 0 bridgehead atoms. The van der Waals surface area contributed by atoms with E-state index in [1.165, 1.54) is 5.56 Å². The van der Waals surface area contributed by atoms with Crippen LogP contribution in [0.3, 0.4) is 0 Å². The molecular formula is C15H20O3. The first-order chi connectivity index (χ1) is 8.39. The van der Waals surface area contributed by atoms with E-state index in [0.717, 1.165) is 18.4 Å². The molecule has 0 unspecified atom stereocenters. The topological polar surface area (TPSA) is 46.5 Å². The molecule has 98 valence electrons. The third-order valence-corrected chi connectivity index (χ3v) is 3.86. The average molecular weight is 248 g/mol. The van der Waals surface area contributed by atoms with Crippen LogP contribution in [0.4, 0.5) is 0 Å². The third-order valence-electron chi connectivity index (χ3n) is 3.86. The minimum atomic E-state index is -0.765. The first-order valence-electron chi connectivity index (χ1n) is 6.28. The van der Waals surface area contributed by atoms with Gasteiger partial charge in [0.1, 0.15) is 0 Å². The monoisotopic (exact) mass is 248 g/mol. The highest BCUT2D eigenvalue weighted by Crippen LogP contribution is 2.49. The molecule has 1 fully saturated rings. The Labute approximate surface area is 108 Å². The lowest BCUT2D eigenvalue weighted by molar-refractivity contribution is -0.138. The summed E-state index contributed by atoms with van der Waals surface area (Å²) in [6.07, 6.45) is 2.23. The Balaban J connectivity index is 2.30. The van der Waals surface area contributed by atoms with Crippen molar-refractivity contribution in [2.75, 3.05) is 7.11 Å². The molecule has 0 heterocycles. The summed E-state index contributed by atoms with van der Waals surface area (Å²) in [5.41, 5.74) is 1.76. The van der Waals surface area contributed by atoms with Crippen LogP contribution in [0, 0.1) is 0 Å². The van der Waals surface area contributed by atoms with Crippen molar-refractivity contribution >= 4 is 5.97 Å². The second-order valence-corrected chi connectivity index (χ2v) is 5.73. The number of hydrogen-bond donors (Lipinski definition) is 1. The summed E-state index contributed by atoms with van der Waals surface area (Å²) in [6, 6.07) is 8.15. The minimum absolute atomic E-state index is 0.116. The van der Waals surface area contributed by atoms with Gasteiger partial charge in [0.15, 0.2) is 0 Å². The van der Waals surface area contributed by atoms with Crippen molar-refractivity contribution < 1.29 is 14.6 Å². The molecule has 1 aromatic rings. The first-order valence-corrected chi connectivity index (χ1v) is 6.28. The summed E-state index contributed by atoms with van der Waals surface area (Å²) >= 11 is 0. The zero-order valence-electron chi connectivity index (χ0n) is 11.2. The molecule has 0 spiro atoms. The highest BCUT2D eigenvalue weighted by molar-refractivity contribution is 5.69. The molecule has 0 radical (unpaired) electrons. The molecular weight excluding hydrogens is 228 g/mol. The molecule has 1 aromatic carbocycles. The quantitative estimate of drug-likeness (QED) is 0.871. The van der Waals surface area contributed by atoms with Gasteiger partial charge in [-0.2, -0.15) is 0 Å². The van der Waals surface area contributed by atoms with Gasteiger partial charge in [-0.1, -0.05) is 38.1 Å². The van der Waals surface area contributed by atoms with Crippen LogP contribution in [0.5, 0.6) is 0 Å². The van der Waals surface area contributed by atoms with E-state index in [4.69, 9.17) is 9.84 Å². The summed E-state index contributed by atoms with van der Waals surface area (Å²) in [5, 5.41) is 8.97. The number of carboxylic acids is 1. The maximum atomic E-state index is 10.9. The molecule has 1 aliphatic carbocycles. The highest BCUT2D eigenvalue weighted by Gasteiger charge is 2.45. The van der Waals surface area contributed by atoms with Gasteiger partial charge in [0.2, 0.25) is 0 Å². The highest BCUT2D eigenvalue weighted by atomic mass is 16.5. The van der Waals surface area contributed by atoms with Crippen LogP contribution >= 0.6 is 0 Å². The van der Waals surface area contributed by atoms with Gasteiger partial charge in [0.05, 0.1) is 12.0 Å². The molecule has 0 atom stereocenters. The number of carboxylic acid groups (broad SMARTS) is 1. The van der Waals surface area contributed by atoms with Crippen molar-refractivity contribution in [3.05, 3.63) is 35.4 Å². The van der Waals surface area contributed by atoms with Crippen LogP contribution in [-0.4, -0.2) is 18.2 Å². The van der Waals surface area contributed by atoms with E-state index in [9.17, 15) is 4.79 Å². The first kappa shape index (κ1) is 13.1. The van der Waals surface area contributed by atoms with E-state index in [-0.39, 0.29) is 17.4 Å². The zero-order chi connectivity index (χ0) is 13.4. The molecule has 0 aromatic heterocycles. The van der Waals surface area contributed by atoms with Crippen LogP contribution in [0.2, 0.25) is 0 Å². The summed E-state index contributed by atoms with van der Waals surface area (Å²) in [5.74, 6) is -0.765. The predicted octanol–water partition coefficient (Wildman–Crippen LogP) is 3.07. The number of aliphatic carboxylic acids is 1. The molecule has 1 N–H and O–H groups in total. The van der Waals surface area contributed by atoms with Crippen molar-refractivity contribution in [1.82, 2.24) is 0 Å². The normalized spacial score (nSPS) is 17.5. The third kappa shape index (κ3) is 2.41. The molecule has 2 rings (SSSR count). The number of carbonyl (C=O) groups is 1.